The number of ether oxygens (including phenoxy) is 2. The molecule has 0 bridgehead atoms. The summed E-state index contributed by atoms with van der Waals surface area (Å²) in [6.07, 6.45) is 0. The molecule has 2 aromatic carbocycles. The number of hydrogen-bond acceptors (Lipinski definition) is 8. The number of benzene rings is 2. The van der Waals surface area contributed by atoms with Crippen molar-refractivity contribution in [2.24, 2.45) is 4.99 Å². The number of allylic oxidation sites excluding steroid dienone is 1. The first-order chi connectivity index (χ1) is 16.1. The van der Waals surface area contributed by atoms with Crippen molar-refractivity contribution < 1.29 is 27.5 Å². The number of anilines is 1. The van der Waals surface area contributed by atoms with Gasteiger partial charge >= 0.3 is 5.97 Å². The van der Waals surface area contributed by atoms with Gasteiger partial charge in [0.2, 0.25) is 10.0 Å². The molecule has 0 unspecified atom stereocenters. The number of hydrogen-bond donors (Lipinski definition) is 2. The summed E-state index contributed by atoms with van der Waals surface area (Å²) in [5.41, 5.74) is 1.68. The zero-order chi connectivity index (χ0) is 25.0. The molecule has 1 heterocycles. The van der Waals surface area contributed by atoms with Gasteiger partial charge in [0.05, 0.1) is 25.1 Å². The molecule has 10 nitrogen and oxygen atoms in total. The summed E-state index contributed by atoms with van der Waals surface area (Å²) in [6, 6.07) is 11.1. The number of amidine groups is 1. The van der Waals surface area contributed by atoms with Gasteiger partial charge in [0, 0.05) is 25.4 Å². The Kier molecular flexibility index (Phi) is 7.38. The van der Waals surface area contributed by atoms with Gasteiger partial charge in [0.1, 0.15) is 22.1 Å². The van der Waals surface area contributed by atoms with E-state index in [9.17, 15) is 18.0 Å². The van der Waals surface area contributed by atoms with Gasteiger partial charge in [0.25, 0.3) is 5.91 Å². The first-order valence-corrected chi connectivity index (χ1v) is 11.8. The molecule has 180 valence electrons. The molecule has 0 radical (unpaired) electrons. The van der Waals surface area contributed by atoms with Crippen molar-refractivity contribution in [3.05, 3.63) is 59.3 Å². The maximum absolute atomic E-state index is 13.2. The number of methoxy groups -OCH3 is 1. The van der Waals surface area contributed by atoms with E-state index in [0.29, 0.717) is 17.1 Å². The first kappa shape index (κ1) is 24.9. The Morgan fingerprint density at radius 2 is 1.85 bits per heavy atom. The van der Waals surface area contributed by atoms with E-state index in [1.54, 1.807) is 32.0 Å². The van der Waals surface area contributed by atoms with Crippen molar-refractivity contribution in [2.75, 3.05) is 33.1 Å². The number of amides is 1. The maximum atomic E-state index is 13.2. The molecular formula is C23H26N4O6S. The minimum atomic E-state index is -3.89. The van der Waals surface area contributed by atoms with E-state index in [2.05, 4.69) is 15.6 Å². The van der Waals surface area contributed by atoms with E-state index in [-0.39, 0.29) is 34.2 Å². The van der Waals surface area contributed by atoms with Gasteiger partial charge in [-0.15, -0.1) is 0 Å². The van der Waals surface area contributed by atoms with E-state index >= 15 is 0 Å². The number of nitrogens with one attached hydrogen (secondary N) is 2. The third-order valence-electron chi connectivity index (χ3n) is 4.97. The minimum Gasteiger partial charge on any atom is -0.495 e. The zero-order valence-electron chi connectivity index (χ0n) is 19.5. The molecule has 34 heavy (non-hydrogen) atoms. The Hall–Kier alpha value is -3.70. The van der Waals surface area contributed by atoms with Crippen LogP contribution in [0.15, 0.2) is 63.6 Å². The van der Waals surface area contributed by atoms with Crippen molar-refractivity contribution in [2.45, 2.75) is 18.7 Å². The molecule has 0 atom stereocenters. The van der Waals surface area contributed by atoms with Gasteiger partial charge in [-0.25, -0.2) is 22.5 Å². The second kappa shape index (κ2) is 10.1. The molecular weight excluding hydrogens is 460 g/mol. The van der Waals surface area contributed by atoms with E-state index in [4.69, 9.17) is 9.47 Å². The summed E-state index contributed by atoms with van der Waals surface area (Å²) < 4.78 is 36.8. The van der Waals surface area contributed by atoms with E-state index in [1.165, 1.54) is 39.4 Å². The summed E-state index contributed by atoms with van der Waals surface area (Å²) in [4.78, 5) is 30.2. The van der Waals surface area contributed by atoms with Gasteiger partial charge in [-0.3, -0.25) is 4.79 Å². The molecule has 0 aromatic heterocycles. The summed E-state index contributed by atoms with van der Waals surface area (Å²) >= 11 is 0. The zero-order valence-corrected chi connectivity index (χ0v) is 20.3. The number of fused-ring (bicyclic) bond motifs is 1. The van der Waals surface area contributed by atoms with Crippen LogP contribution < -0.4 is 15.4 Å². The fourth-order valence-electron chi connectivity index (χ4n) is 3.23. The van der Waals surface area contributed by atoms with Gasteiger partial charge in [-0.1, -0.05) is 12.1 Å². The van der Waals surface area contributed by atoms with Gasteiger partial charge in [0.15, 0.2) is 0 Å². The molecule has 1 aliphatic rings. The van der Waals surface area contributed by atoms with Gasteiger partial charge in [-0.05, 0) is 44.2 Å². The Bertz CT molecular complexity index is 1300. The van der Waals surface area contributed by atoms with Gasteiger partial charge < -0.3 is 20.1 Å². The van der Waals surface area contributed by atoms with Crippen LogP contribution in [0.3, 0.4) is 0 Å². The highest BCUT2D eigenvalue weighted by atomic mass is 32.2. The monoisotopic (exact) mass is 486 g/mol. The van der Waals surface area contributed by atoms with Crippen LogP contribution in [0.1, 0.15) is 24.2 Å². The Morgan fingerprint density at radius 3 is 2.50 bits per heavy atom. The van der Waals surface area contributed by atoms with Crippen molar-refractivity contribution in [1.82, 2.24) is 9.62 Å². The summed E-state index contributed by atoms with van der Waals surface area (Å²) in [5.74, 6) is -1.25. The standard InChI is InChI=1S/C23H26N4O6S/c1-6-33-23(29)20-14(2)24-16-9-7-8-10-17(16)25-21(20)26-22(28)15-11-12-18(32-5)19(13-15)34(30,31)27(3)4/h7-13,24H,6H2,1-5H3,(H,25,26,28). The lowest BCUT2D eigenvalue weighted by atomic mass is 10.1. The summed E-state index contributed by atoms with van der Waals surface area (Å²) in [7, 11) is 0.211. The molecule has 11 heteroatoms. The normalized spacial score (nSPS) is 13.4. The fraction of sp³-hybridized carbons (Fsp3) is 0.261. The number of para-hydroxylation sites is 2. The lowest BCUT2D eigenvalue weighted by Gasteiger charge is -2.16. The predicted octanol–water partition coefficient (Wildman–Crippen LogP) is 2.67. The smallest absolute Gasteiger partial charge is 0.343 e. The Balaban J connectivity index is 2.07. The van der Waals surface area contributed by atoms with Gasteiger partial charge in [-0.2, -0.15) is 0 Å². The van der Waals surface area contributed by atoms with Crippen molar-refractivity contribution in [3.63, 3.8) is 0 Å². The van der Waals surface area contributed by atoms with Crippen molar-refractivity contribution in [3.8, 4) is 5.75 Å². The van der Waals surface area contributed by atoms with Crippen LogP contribution in [0.5, 0.6) is 5.75 Å². The van der Waals surface area contributed by atoms with E-state index in [1.807, 2.05) is 6.07 Å². The average molecular weight is 487 g/mol. The van der Waals surface area contributed by atoms with Crippen molar-refractivity contribution >= 4 is 39.1 Å². The number of carbonyl (C=O) groups is 2. The quantitative estimate of drug-likeness (QED) is 0.601. The number of esters is 1. The number of carbonyl (C=O) groups excluding carboxylic acids is 2. The molecule has 0 aliphatic carbocycles. The summed E-state index contributed by atoms with van der Waals surface area (Å²) in [5, 5.41) is 5.77. The second-order valence-electron chi connectivity index (χ2n) is 7.43. The Labute approximate surface area is 198 Å². The van der Waals surface area contributed by atoms with E-state index < -0.39 is 21.9 Å². The minimum absolute atomic E-state index is 0.0220. The number of rotatable bonds is 6. The second-order valence-corrected chi connectivity index (χ2v) is 9.55. The van der Waals surface area contributed by atoms with E-state index in [0.717, 1.165) is 4.31 Å². The molecule has 0 fully saturated rings. The first-order valence-electron chi connectivity index (χ1n) is 10.3. The molecule has 0 spiro atoms. The molecule has 2 N–H and O–H groups in total. The van der Waals surface area contributed by atoms with Crippen LogP contribution in [0, 0.1) is 0 Å². The lowest BCUT2D eigenvalue weighted by molar-refractivity contribution is -0.137. The highest BCUT2D eigenvalue weighted by Gasteiger charge is 2.28. The molecule has 2 aromatic rings. The highest BCUT2D eigenvalue weighted by molar-refractivity contribution is 7.89. The lowest BCUT2D eigenvalue weighted by Crippen LogP contribution is -2.35. The molecule has 3 rings (SSSR count). The molecule has 1 aliphatic heterocycles. The van der Waals surface area contributed by atoms with Crippen LogP contribution in [-0.4, -0.2) is 58.2 Å². The largest absolute Gasteiger partial charge is 0.495 e. The van der Waals surface area contributed by atoms with Crippen LogP contribution >= 0.6 is 0 Å². The highest BCUT2D eigenvalue weighted by Crippen LogP contribution is 2.31. The number of sulfonamides is 1. The number of aliphatic imine (C=N–C) groups is 1. The topological polar surface area (TPSA) is 126 Å². The molecule has 0 saturated carbocycles. The van der Waals surface area contributed by atoms with Crippen LogP contribution in [0.25, 0.3) is 0 Å². The van der Waals surface area contributed by atoms with Crippen molar-refractivity contribution in [1.29, 1.82) is 0 Å². The average Bonchev–Trinajstić information content (AvgIpc) is 2.93. The fourth-order valence-corrected chi connectivity index (χ4v) is 4.31. The number of nitrogens with zero attached hydrogens (tertiary/aromatic N) is 2. The summed E-state index contributed by atoms with van der Waals surface area (Å²) in [6.45, 7) is 3.48. The van der Waals surface area contributed by atoms with Crippen LogP contribution in [0.2, 0.25) is 0 Å². The Morgan fingerprint density at radius 1 is 1.15 bits per heavy atom. The van der Waals surface area contributed by atoms with Crippen LogP contribution in [-0.2, 0) is 19.6 Å². The molecule has 1 amide bonds. The SMILES string of the molecule is CCOC(=O)C1=C(C)Nc2ccccc2N=C1NC(=O)c1ccc(OC)c(S(=O)(=O)N(C)C)c1. The third-order valence-corrected chi connectivity index (χ3v) is 6.80. The molecule has 0 saturated heterocycles. The van der Waals surface area contributed by atoms with Crippen LogP contribution in [0.4, 0.5) is 11.4 Å². The predicted molar refractivity (Wildman–Crippen MR) is 128 cm³/mol. The third kappa shape index (κ3) is 4.95. The maximum Gasteiger partial charge on any atom is 0.343 e.